The van der Waals surface area contributed by atoms with E-state index >= 15 is 0 Å². The summed E-state index contributed by atoms with van der Waals surface area (Å²) in [5.74, 6) is 0. The summed E-state index contributed by atoms with van der Waals surface area (Å²) >= 11 is 0. The molecule has 1 heterocycles. The molecule has 0 aliphatic rings. The summed E-state index contributed by atoms with van der Waals surface area (Å²) in [6, 6.07) is 0. The average molecular weight is 218 g/mol. The van der Waals surface area contributed by atoms with Gasteiger partial charge in [-0.05, 0) is 20.8 Å². The van der Waals surface area contributed by atoms with Crippen molar-refractivity contribution in [2.75, 3.05) is 13.2 Å². The van der Waals surface area contributed by atoms with E-state index in [0.717, 1.165) is 5.69 Å². The third-order valence-corrected chi connectivity index (χ3v) is 3.52. The minimum atomic E-state index is -3.20. The second-order valence-corrected chi connectivity index (χ2v) is 4.61. The molecule has 1 rings (SSSR count). The number of aryl methyl sites for hydroxylation is 1. The molecule has 1 aromatic heterocycles. The van der Waals surface area contributed by atoms with Gasteiger partial charge in [-0.2, -0.15) is 0 Å². The van der Waals surface area contributed by atoms with Crippen LogP contribution in [0.3, 0.4) is 0 Å². The third kappa shape index (κ3) is 2.44. The van der Waals surface area contributed by atoms with Crippen molar-refractivity contribution < 1.29 is 13.6 Å². The Balaban J connectivity index is 2.93. The number of aromatic nitrogens is 2. The molecule has 0 saturated carbocycles. The molecule has 1 aromatic rings. The lowest BCUT2D eigenvalue weighted by molar-refractivity contribution is 0.212. The van der Waals surface area contributed by atoms with Crippen LogP contribution in [-0.4, -0.2) is 22.5 Å². The van der Waals surface area contributed by atoms with Crippen LogP contribution in [0.15, 0.2) is 12.5 Å². The van der Waals surface area contributed by atoms with E-state index in [9.17, 15) is 4.57 Å². The highest BCUT2D eigenvalue weighted by Crippen LogP contribution is 2.49. The molecule has 0 aliphatic carbocycles. The highest BCUT2D eigenvalue weighted by molar-refractivity contribution is 7.52. The Kier molecular flexibility index (Phi) is 3.86. The molecule has 0 unspecified atom stereocenters. The fourth-order valence-corrected chi connectivity index (χ4v) is 2.52. The monoisotopic (exact) mass is 218 g/mol. The zero-order chi connectivity index (χ0) is 10.6. The van der Waals surface area contributed by atoms with E-state index in [0.29, 0.717) is 13.2 Å². The lowest BCUT2D eigenvalue weighted by atomic mass is 10.6. The molecule has 80 valence electrons. The molecule has 6 heteroatoms. The molecule has 0 aliphatic heterocycles. The maximum absolute atomic E-state index is 12.1. The highest BCUT2D eigenvalue weighted by Gasteiger charge is 2.26. The van der Waals surface area contributed by atoms with Crippen LogP contribution >= 0.6 is 7.75 Å². The van der Waals surface area contributed by atoms with Crippen LogP contribution in [0.25, 0.3) is 0 Å². The van der Waals surface area contributed by atoms with Gasteiger partial charge in [-0.25, -0.2) is 13.9 Å². The summed E-state index contributed by atoms with van der Waals surface area (Å²) in [4.78, 5) is 3.98. The highest BCUT2D eigenvalue weighted by atomic mass is 31.2. The summed E-state index contributed by atoms with van der Waals surface area (Å²) in [5.41, 5.74) is 0.782. The van der Waals surface area contributed by atoms with Gasteiger partial charge in [0.25, 0.3) is 0 Å². The normalized spacial score (nSPS) is 11.9. The van der Waals surface area contributed by atoms with Crippen LogP contribution in [0.2, 0.25) is 0 Å². The molecule has 5 nitrogen and oxygen atoms in total. The number of hydrogen-bond donors (Lipinski definition) is 0. The summed E-state index contributed by atoms with van der Waals surface area (Å²) in [6.45, 7) is 6.05. The zero-order valence-electron chi connectivity index (χ0n) is 8.64. The van der Waals surface area contributed by atoms with Crippen LogP contribution in [0.4, 0.5) is 0 Å². The van der Waals surface area contributed by atoms with Gasteiger partial charge >= 0.3 is 7.75 Å². The molecule has 0 atom stereocenters. The molecular weight excluding hydrogens is 203 g/mol. The first kappa shape index (κ1) is 11.4. The molecule has 0 radical (unpaired) electrons. The number of rotatable bonds is 5. The van der Waals surface area contributed by atoms with Gasteiger partial charge in [-0.3, -0.25) is 9.05 Å². The van der Waals surface area contributed by atoms with E-state index in [2.05, 4.69) is 4.98 Å². The van der Waals surface area contributed by atoms with Crippen LogP contribution in [0, 0.1) is 6.92 Å². The molecule has 0 aromatic carbocycles. The Labute approximate surface area is 83.6 Å². The fraction of sp³-hybridized carbons (Fsp3) is 0.625. The van der Waals surface area contributed by atoms with Crippen LogP contribution in [0.1, 0.15) is 19.5 Å². The molecule has 0 fully saturated rings. The van der Waals surface area contributed by atoms with Gasteiger partial charge in [0, 0.05) is 6.20 Å². The van der Waals surface area contributed by atoms with Crippen molar-refractivity contribution in [1.29, 1.82) is 0 Å². The molecular formula is C8H15N2O3P. The number of imidazole rings is 1. The van der Waals surface area contributed by atoms with Crippen molar-refractivity contribution in [1.82, 2.24) is 9.32 Å². The quantitative estimate of drug-likeness (QED) is 0.711. The van der Waals surface area contributed by atoms with Gasteiger partial charge in [-0.15, -0.1) is 0 Å². The van der Waals surface area contributed by atoms with Crippen molar-refractivity contribution in [2.45, 2.75) is 20.8 Å². The molecule has 0 bridgehead atoms. The Morgan fingerprint density at radius 3 is 2.36 bits per heavy atom. The largest absolute Gasteiger partial charge is 0.440 e. The first-order chi connectivity index (χ1) is 6.62. The molecule has 0 N–H and O–H groups in total. The van der Waals surface area contributed by atoms with E-state index in [1.165, 1.54) is 10.7 Å². The summed E-state index contributed by atoms with van der Waals surface area (Å²) in [5, 5.41) is 0. The van der Waals surface area contributed by atoms with Crippen LogP contribution in [-0.2, 0) is 13.6 Å². The van der Waals surface area contributed by atoms with Crippen molar-refractivity contribution in [2.24, 2.45) is 0 Å². The lowest BCUT2D eigenvalue weighted by Crippen LogP contribution is -2.03. The van der Waals surface area contributed by atoms with E-state index in [1.807, 2.05) is 6.92 Å². The van der Waals surface area contributed by atoms with Gasteiger partial charge < -0.3 is 0 Å². The Hall–Kier alpha value is -0.640. The van der Waals surface area contributed by atoms with E-state index in [-0.39, 0.29) is 0 Å². The standard InChI is InChI=1S/C8H15N2O3P/c1-4-12-14(11,13-5-2)10-6-8(3)9-7-10/h6-7H,4-5H2,1-3H3. The lowest BCUT2D eigenvalue weighted by Gasteiger charge is -2.16. The first-order valence-corrected chi connectivity index (χ1v) is 6.02. The van der Waals surface area contributed by atoms with Crippen LogP contribution < -0.4 is 0 Å². The van der Waals surface area contributed by atoms with Crippen molar-refractivity contribution in [3.63, 3.8) is 0 Å². The Morgan fingerprint density at radius 1 is 1.43 bits per heavy atom. The molecule has 0 spiro atoms. The third-order valence-electron chi connectivity index (χ3n) is 1.57. The first-order valence-electron chi connectivity index (χ1n) is 4.53. The van der Waals surface area contributed by atoms with Crippen molar-refractivity contribution >= 4 is 7.75 Å². The predicted molar refractivity (Wildman–Crippen MR) is 53.2 cm³/mol. The smallest absolute Gasteiger partial charge is 0.292 e. The van der Waals surface area contributed by atoms with Crippen molar-refractivity contribution in [3.8, 4) is 0 Å². The SMILES string of the molecule is CCOP(=O)(OCC)n1cnc(C)c1. The van der Waals surface area contributed by atoms with Gasteiger partial charge in [0.15, 0.2) is 0 Å². The van der Waals surface area contributed by atoms with E-state index in [4.69, 9.17) is 9.05 Å². The molecule has 0 amide bonds. The minimum Gasteiger partial charge on any atom is -0.292 e. The predicted octanol–water partition coefficient (Wildman–Crippen LogP) is 2.22. The fourth-order valence-electron chi connectivity index (χ4n) is 1.04. The summed E-state index contributed by atoms with van der Waals surface area (Å²) in [6.07, 6.45) is 3.10. The van der Waals surface area contributed by atoms with Gasteiger partial charge in [0.2, 0.25) is 0 Å². The van der Waals surface area contributed by atoms with Gasteiger partial charge in [0.05, 0.1) is 18.9 Å². The second kappa shape index (κ2) is 4.73. The molecule has 14 heavy (non-hydrogen) atoms. The summed E-state index contributed by atoms with van der Waals surface area (Å²) in [7, 11) is -3.20. The van der Waals surface area contributed by atoms with Crippen molar-refractivity contribution in [3.05, 3.63) is 18.2 Å². The Morgan fingerprint density at radius 2 is 2.00 bits per heavy atom. The van der Waals surface area contributed by atoms with E-state index < -0.39 is 7.75 Å². The minimum absolute atomic E-state index is 0.342. The topological polar surface area (TPSA) is 53.4 Å². The maximum atomic E-state index is 12.1. The maximum Gasteiger partial charge on any atom is 0.440 e. The zero-order valence-corrected chi connectivity index (χ0v) is 9.53. The van der Waals surface area contributed by atoms with E-state index in [1.54, 1.807) is 20.0 Å². The van der Waals surface area contributed by atoms with Crippen LogP contribution in [0.5, 0.6) is 0 Å². The van der Waals surface area contributed by atoms with Gasteiger partial charge in [0.1, 0.15) is 6.33 Å². The number of hydrogen-bond acceptors (Lipinski definition) is 4. The molecule has 0 saturated heterocycles. The summed E-state index contributed by atoms with van der Waals surface area (Å²) < 4.78 is 23.8. The van der Waals surface area contributed by atoms with Gasteiger partial charge in [-0.1, -0.05) is 0 Å². The Bertz CT molecular complexity index is 327. The second-order valence-electron chi connectivity index (χ2n) is 2.70. The number of nitrogens with zero attached hydrogens (tertiary/aromatic N) is 2. The average Bonchev–Trinajstić information content (AvgIpc) is 2.53.